The average molecular weight is 699 g/mol. The fourth-order valence-electron chi connectivity index (χ4n) is 5.26. The minimum Gasteiger partial charge on any atom is -0.462 e. The highest BCUT2D eigenvalue weighted by atomic mass is 31.2. The summed E-state index contributed by atoms with van der Waals surface area (Å²) in [5.74, 6) is -0.958. The maximum absolute atomic E-state index is 12.3. The first-order valence-corrected chi connectivity index (χ1v) is 20.8. The van der Waals surface area contributed by atoms with Crippen LogP contribution in [0, 0.1) is 0 Å². The van der Waals surface area contributed by atoms with Crippen molar-refractivity contribution < 1.29 is 37.9 Å². The van der Waals surface area contributed by atoms with Gasteiger partial charge in [-0.05, 0) is 51.4 Å². The van der Waals surface area contributed by atoms with Crippen molar-refractivity contribution in [3.63, 3.8) is 0 Å². The second-order valence-corrected chi connectivity index (χ2v) is 14.2. The Balaban J connectivity index is 4.03. The van der Waals surface area contributed by atoms with E-state index in [1.54, 1.807) is 0 Å². The first-order chi connectivity index (χ1) is 23.3. The predicted molar refractivity (Wildman–Crippen MR) is 198 cm³/mol. The van der Waals surface area contributed by atoms with Gasteiger partial charge >= 0.3 is 19.8 Å². The molecule has 0 aliphatic rings. The van der Waals surface area contributed by atoms with E-state index in [2.05, 4.69) is 48.8 Å². The summed E-state index contributed by atoms with van der Waals surface area (Å²) in [5.41, 5.74) is 0. The van der Waals surface area contributed by atoms with Crippen LogP contribution < -0.4 is 0 Å². The summed E-state index contributed by atoms with van der Waals surface area (Å²) >= 11 is 0. The maximum atomic E-state index is 12.3. The predicted octanol–water partition coefficient (Wildman–Crippen LogP) is 11.4. The number of carbonyl (C=O) groups is 2. The van der Waals surface area contributed by atoms with Crippen LogP contribution in [-0.2, 0) is 28.2 Å². The smallest absolute Gasteiger partial charge is 0.462 e. The van der Waals surface area contributed by atoms with Gasteiger partial charge in [-0.1, -0.05) is 153 Å². The summed E-state index contributed by atoms with van der Waals surface area (Å²) in [6.45, 7) is 3.61. The van der Waals surface area contributed by atoms with Crippen molar-refractivity contribution in [1.29, 1.82) is 0 Å². The summed E-state index contributed by atoms with van der Waals surface area (Å²) in [7, 11) is -4.76. The van der Waals surface area contributed by atoms with Crippen LogP contribution in [0.25, 0.3) is 0 Å². The maximum Gasteiger partial charge on any atom is 0.469 e. The zero-order valence-electron chi connectivity index (χ0n) is 30.6. The number of rotatable bonds is 35. The van der Waals surface area contributed by atoms with Crippen LogP contribution >= 0.6 is 7.82 Å². The number of unbranched alkanes of at least 4 members (excludes halogenated alkanes) is 20. The summed E-state index contributed by atoms with van der Waals surface area (Å²) in [4.78, 5) is 42.7. The Hall–Kier alpha value is -1.73. The quantitative estimate of drug-likeness (QED) is 0.0221. The number of phosphoric acid groups is 1. The summed E-state index contributed by atoms with van der Waals surface area (Å²) < 4.78 is 26.2. The normalized spacial score (nSPS) is 12.8. The van der Waals surface area contributed by atoms with E-state index in [0.717, 1.165) is 51.4 Å². The van der Waals surface area contributed by atoms with Gasteiger partial charge in [0.15, 0.2) is 6.10 Å². The van der Waals surface area contributed by atoms with E-state index in [-0.39, 0.29) is 19.4 Å². The third kappa shape index (κ3) is 37.1. The molecule has 0 bridgehead atoms. The van der Waals surface area contributed by atoms with Gasteiger partial charge in [-0.3, -0.25) is 14.1 Å². The molecule has 0 heterocycles. The largest absolute Gasteiger partial charge is 0.469 e. The van der Waals surface area contributed by atoms with Gasteiger partial charge in [0.1, 0.15) is 6.61 Å². The van der Waals surface area contributed by atoms with Gasteiger partial charge < -0.3 is 19.3 Å². The Bertz CT molecular complexity index is 879. The molecule has 48 heavy (non-hydrogen) atoms. The van der Waals surface area contributed by atoms with Gasteiger partial charge in [-0.15, -0.1) is 0 Å². The minimum absolute atomic E-state index is 0.181. The molecule has 0 unspecified atom stereocenters. The molecule has 0 aliphatic heterocycles. The molecular formula is C39H71O8P. The second-order valence-electron chi connectivity index (χ2n) is 12.9. The van der Waals surface area contributed by atoms with Crippen molar-refractivity contribution in [2.24, 2.45) is 0 Å². The Morgan fingerprint density at radius 3 is 1.50 bits per heavy atom. The molecule has 0 aromatic rings. The number of ether oxygens (including phenoxy) is 2. The van der Waals surface area contributed by atoms with Crippen LogP contribution in [0.5, 0.6) is 0 Å². The number of esters is 2. The standard InChI is InChI=1S/C39H71O8P/c1-3-5-7-9-11-13-15-17-19-21-23-25-27-29-31-33-38(40)45-35-37(36-46-48(42,43)44)47-39(41)34-32-30-28-26-24-22-20-18-16-14-12-10-8-6-4-2/h14,16,18,20,27,29,37H,3-13,15,17,19,21-26,28,30-36H2,1-2H3,(H2,42,43,44)/b16-14+,20-18+,29-27+/t37-/m1/s1. The van der Waals surface area contributed by atoms with E-state index in [0.29, 0.717) is 12.8 Å². The minimum atomic E-state index is -4.76. The van der Waals surface area contributed by atoms with E-state index in [1.165, 1.54) is 89.9 Å². The molecule has 0 amide bonds. The highest BCUT2D eigenvalue weighted by Gasteiger charge is 2.22. The zero-order chi connectivity index (χ0) is 35.4. The zero-order valence-corrected chi connectivity index (χ0v) is 31.5. The van der Waals surface area contributed by atoms with Gasteiger partial charge in [-0.2, -0.15) is 0 Å². The summed E-state index contributed by atoms with van der Waals surface area (Å²) in [5, 5.41) is 0. The SMILES string of the molecule is CCCCCC/C=C/C=C/CCCCCCCC(=O)O[C@H](COC(=O)CC/C=C/CCCCCCCCCCCCC)COP(=O)(O)O. The van der Waals surface area contributed by atoms with Crippen molar-refractivity contribution in [2.45, 2.75) is 187 Å². The molecule has 280 valence electrons. The van der Waals surface area contributed by atoms with E-state index >= 15 is 0 Å². The molecule has 0 spiro atoms. The Labute approximate surface area is 293 Å². The van der Waals surface area contributed by atoms with Crippen molar-refractivity contribution >= 4 is 19.8 Å². The van der Waals surface area contributed by atoms with Crippen LogP contribution in [0.15, 0.2) is 36.5 Å². The molecule has 1 atom stereocenters. The Morgan fingerprint density at radius 1 is 0.542 bits per heavy atom. The number of hydrogen-bond donors (Lipinski definition) is 2. The van der Waals surface area contributed by atoms with Crippen molar-refractivity contribution in [3.05, 3.63) is 36.5 Å². The van der Waals surface area contributed by atoms with Crippen LogP contribution in [0.4, 0.5) is 0 Å². The molecule has 0 fully saturated rings. The van der Waals surface area contributed by atoms with Crippen LogP contribution in [0.2, 0.25) is 0 Å². The monoisotopic (exact) mass is 698 g/mol. The molecule has 0 saturated carbocycles. The number of phosphoric ester groups is 1. The number of hydrogen-bond acceptors (Lipinski definition) is 6. The molecule has 0 aliphatic carbocycles. The van der Waals surface area contributed by atoms with E-state index in [4.69, 9.17) is 19.3 Å². The molecule has 0 aromatic heterocycles. The third-order valence-corrected chi connectivity index (χ3v) is 8.66. The molecule has 0 saturated heterocycles. The topological polar surface area (TPSA) is 119 Å². The summed E-state index contributed by atoms with van der Waals surface area (Å²) in [6, 6.07) is 0. The molecule has 2 N–H and O–H groups in total. The Kier molecular flexibility index (Phi) is 33.8. The molecule has 8 nitrogen and oxygen atoms in total. The Morgan fingerprint density at radius 2 is 0.979 bits per heavy atom. The van der Waals surface area contributed by atoms with Gasteiger partial charge in [0.05, 0.1) is 6.61 Å². The van der Waals surface area contributed by atoms with E-state index < -0.39 is 32.5 Å². The highest BCUT2D eigenvalue weighted by molar-refractivity contribution is 7.46. The second kappa shape index (κ2) is 35.1. The third-order valence-electron chi connectivity index (χ3n) is 8.17. The molecule has 0 aromatic carbocycles. The van der Waals surface area contributed by atoms with E-state index in [1.807, 2.05) is 6.08 Å². The first-order valence-electron chi connectivity index (χ1n) is 19.3. The highest BCUT2D eigenvalue weighted by Crippen LogP contribution is 2.36. The van der Waals surface area contributed by atoms with Gasteiger partial charge in [-0.25, -0.2) is 4.57 Å². The number of carbonyl (C=O) groups excluding carboxylic acids is 2. The van der Waals surface area contributed by atoms with Crippen molar-refractivity contribution in [3.8, 4) is 0 Å². The summed E-state index contributed by atoms with van der Waals surface area (Å²) in [6.07, 6.45) is 40.2. The average Bonchev–Trinajstić information content (AvgIpc) is 3.05. The van der Waals surface area contributed by atoms with Gasteiger partial charge in [0.25, 0.3) is 0 Å². The fourth-order valence-corrected chi connectivity index (χ4v) is 5.62. The van der Waals surface area contributed by atoms with Crippen molar-refractivity contribution in [2.75, 3.05) is 13.2 Å². The number of allylic oxidation sites excluding steroid dienone is 6. The lowest BCUT2D eigenvalue weighted by atomic mass is 10.1. The lowest BCUT2D eigenvalue weighted by molar-refractivity contribution is -0.161. The van der Waals surface area contributed by atoms with Crippen LogP contribution in [0.3, 0.4) is 0 Å². The molecule has 0 radical (unpaired) electrons. The lowest BCUT2D eigenvalue weighted by Gasteiger charge is -2.18. The van der Waals surface area contributed by atoms with Crippen molar-refractivity contribution in [1.82, 2.24) is 0 Å². The fraction of sp³-hybridized carbons (Fsp3) is 0.795. The van der Waals surface area contributed by atoms with Gasteiger partial charge in [0, 0.05) is 12.8 Å². The molecule has 0 rings (SSSR count). The van der Waals surface area contributed by atoms with Crippen LogP contribution in [0.1, 0.15) is 181 Å². The lowest BCUT2D eigenvalue weighted by Crippen LogP contribution is -2.29. The molecule has 9 heteroatoms. The van der Waals surface area contributed by atoms with E-state index in [9.17, 15) is 14.2 Å². The molecular weight excluding hydrogens is 627 g/mol. The van der Waals surface area contributed by atoms with Crippen LogP contribution in [-0.4, -0.2) is 41.0 Å². The first kappa shape index (κ1) is 46.3. The van der Waals surface area contributed by atoms with Gasteiger partial charge in [0.2, 0.25) is 0 Å².